The number of aromatic nitrogens is 2. The summed E-state index contributed by atoms with van der Waals surface area (Å²) in [6.07, 6.45) is 8.81. The Morgan fingerprint density at radius 2 is 1.96 bits per heavy atom. The van der Waals surface area contributed by atoms with Crippen molar-refractivity contribution in [3.05, 3.63) is 16.3 Å². The standard InChI is InChI=1S/C18H22N4OS/c23-14-8-7-11(9-19-14)20-17-15-12-3-1-2-4-13(12)24-18(15)22-16(21-17)10-5-6-10/h10-11H,1-9H2,(H,19,23)(H,20,21,22). The molecule has 1 amide bonds. The van der Waals surface area contributed by atoms with Crippen LogP contribution in [0, 0.1) is 0 Å². The van der Waals surface area contributed by atoms with Crippen LogP contribution < -0.4 is 10.6 Å². The minimum Gasteiger partial charge on any atom is -0.365 e. The van der Waals surface area contributed by atoms with Crippen molar-refractivity contribution in [3.63, 3.8) is 0 Å². The van der Waals surface area contributed by atoms with Crippen LogP contribution in [0.4, 0.5) is 5.82 Å². The molecule has 3 heterocycles. The lowest BCUT2D eigenvalue weighted by atomic mass is 9.96. The zero-order valence-corrected chi connectivity index (χ0v) is 14.5. The second-order valence-corrected chi connectivity index (χ2v) is 8.36. The van der Waals surface area contributed by atoms with Crippen LogP contribution in [0.1, 0.15) is 60.7 Å². The largest absolute Gasteiger partial charge is 0.365 e. The number of carbonyl (C=O) groups excluding carboxylic acids is 1. The predicted molar refractivity (Wildman–Crippen MR) is 95.7 cm³/mol. The number of aryl methyl sites for hydroxylation is 2. The monoisotopic (exact) mass is 342 g/mol. The minimum absolute atomic E-state index is 0.160. The highest BCUT2D eigenvalue weighted by Crippen LogP contribution is 2.43. The highest BCUT2D eigenvalue weighted by atomic mass is 32.1. The maximum absolute atomic E-state index is 11.4. The fraction of sp³-hybridized carbons (Fsp3) is 0.611. The summed E-state index contributed by atoms with van der Waals surface area (Å²) in [6, 6.07) is 0.270. The summed E-state index contributed by atoms with van der Waals surface area (Å²) < 4.78 is 0. The molecular weight excluding hydrogens is 320 g/mol. The molecule has 1 saturated heterocycles. The molecule has 2 fully saturated rings. The van der Waals surface area contributed by atoms with E-state index in [-0.39, 0.29) is 11.9 Å². The molecule has 1 unspecified atom stereocenters. The van der Waals surface area contributed by atoms with Gasteiger partial charge in [0.05, 0.1) is 5.39 Å². The van der Waals surface area contributed by atoms with Crippen molar-refractivity contribution in [1.82, 2.24) is 15.3 Å². The molecule has 2 aromatic heterocycles. The Bertz CT molecular complexity index is 801. The average Bonchev–Trinajstić information content (AvgIpc) is 3.37. The van der Waals surface area contributed by atoms with Crippen molar-refractivity contribution >= 4 is 33.3 Å². The number of nitrogens with zero attached hydrogens (tertiary/aromatic N) is 2. The van der Waals surface area contributed by atoms with Crippen LogP contribution in [0.15, 0.2) is 0 Å². The maximum atomic E-state index is 11.4. The Hall–Kier alpha value is -1.69. The third-order valence-electron chi connectivity index (χ3n) is 5.38. The second kappa shape index (κ2) is 5.69. The topological polar surface area (TPSA) is 66.9 Å². The first-order chi connectivity index (χ1) is 11.8. The van der Waals surface area contributed by atoms with Gasteiger partial charge in [0.15, 0.2) is 0 Å². The van der Waals surface area contributed by atoms with Gasteiger partial charge in [-0.1, -0.05) is 0 Å². The van der Waals surface area contributed by atoms with Gasteiger partial charge in [0.1, 0.15) is 16.5 Å². The van der Waals surface area contributed by atoms with Gasteiger partial charge in [0.2, 0.25) is 5.91 Å². The second-order valence-electron chi connectivity index (χ2n) is 7.28. The zero-order chi connectivity index (χ0) is 16.1. The number of thiophene rings is 1. The summed E-state index contributed by atoms with van der Waals surface area (Å²) in [7, 11) is 0. The number of nitrogens with one attached hydrogen (secondary N) is 2. The minimum atomic E-state index is 0.160. The van der Waals surface area contributed by atoms with Crippen LogP contribution in [-0.4, -0.2) is 28.5 Å². The lowest BCUT2D eigenvalue weighted by molar-refractivity contribution is -0.122. The molecule has 0 radical (unpaired) electrons. The predicted octanol–water partition coefficient (Wildman–Crippen LogP) is 3.14. The molecule has 3 aliphatic rings. The van der Waals surface area contributed by atoms with Crippen LogP contribution in [0.5, 0.6) is 0 Å². The van der Waals surface area contributed by atoms with Gasteiger partial charge in [-0.15, -0.1) is 11.3 Å². The van der Waals surface area contributed by atoms with E-state index < -0.39 is 0 Å². The number of hydrogen-bond donors (Lipinski definition) is 2. The summed E-state index contributed by atoms with van der Waals surface area (Å²) in [5, 5.41) is 7.87. The number of anilines is 1. The van der Waals surface area contributed by atoms with Gasteiger partial charge in [0, 0.05) is 29.8 Å². The highest BCUT2D eigenvalue weighted by Gasteiger charge is 2.30. The lowest BCUT2D eigenvalue weighted by Crippen LogP contribution is -2.42. The van der Waals surface area contributed by atoms with Gasteiger partial charge in [-0.2, -0.15) is 0 Å². The first-order valence-electron chi connectivity index (χ1n) is 9.13. The van der Waals surface area contributed by atoms with Gasteiger partial charge in [0.25, 0.3) is 0 Å². The van der Waals surface area contributed by atoms with E-state index in [0.717, 1.165) is 24.5 Å². The number of piperidine rings is 1. The molecule has 6 heteroatoms. The zero-order valence-electron chi connectivity index (χ0n) is 13.7. The molecule has 0 aromatic carbocycles. The van der Waals surface area contributed by atoms with Crippen LogP contribution >= 0.6 is 11.3 Å². The molecule has 5 rings (SSSR count). The van der Waals surface area contributed by atoms with Gasteiger partial charge in [-0.3, -0.25) is 4.79 Å². The van der Waals surface area contributed by atoms with Crippen molar-refractivity contribution in [1.29, 1.82) is 0 Å². The lowest BCUT2D eigenvalue weighted by Gasteiger charge is -2.24. The molecule has 1 aliphatic heterocycles. The van der Waals surface area contributed by atoms with Crippen molar-refractivity contribution < 1.29 is 4.79 Å². The van der Waals surface area contributed by atoms with E-state index in [1.807, 2.05) is 11.3 Å². The third kappa shape index (κ3) is 2.57. The van der Waals surface area contributed by atoms with Gasteiger partial charge < -0.3 is 10.6 Å². The van der Waals surface area contributed by atoms with Crippen molar-refractivity contribution in [2.24, 2.45) is 0 Å². The van der Waals surface area contributed by atoms with E-state index in [9.17, 15) is 4.79 Å². The van der Waals surface area contributed by atoms with E-state index in [0.29, 0.717) is 18.9 Å². The number of hydrogen-bond acceptors (Lipinski definition) is 5. The number of amides is 1. The SMILES string of the molecule is O=C1CCC(Nc2nc(C3CC3)nc3sc4c(c23)CCCC4)CN1. The van der Waals surface area contributed by atoms with E-state index >= 15 is 0 Å². The van der Waals surface area contributed by atoms with Gasteiger partial charge >= 0.3 is 0 Å². The Labute approximate surface area is 145 Å². The first-order valence-corrected chi connectivity index (χ1v) is 9.95. The normalized spacial score (nSPS) is 23.8. The summed E-state index contributed by atoms with van der Waals surface area (Å²) in [5.41, 5.74) is 1.48. The molecule has 5 nitrogen and oxygen atoms in total. The maximum Gasteiger partial charge on any atom is 0.220 e. The Balaban J connectivity index is 1.56. The fourth-order valence-electron chi connectivity index (χ4n) is 3.85. The number of carbonyl (C=O) groups is 1. The number of fused-ring (bicyclic) bond motifs is 3. The average molecular weight is 342 g/mol. The fourth-order valence-corrected chi connectivity index (χ4v) is 5.12. The molecule has 24 heavy (non-hydrogen) atoms. The first kappa shape index (κ1) is 14.6. The van der Waals surface area contributed by atoms with Gasteiger partial charge in [-0.25, -0.2) is 9.97 Å². The highest BCUT2D eigenvalue weighted by molar-refractivity contribution is 7.19. The van der Waals surface area contributed by atoms with E-state index in [1.54, 1.807) is 0 Å². The van der Waals surface area contributed by atoms with Crippen molar-refractivity contribution in [3.8, 4) is 0 Å². The molecular formula is C18H22N4OS. The number of rotatable bonds is 3. The Kier molecular flexibility index (Phi) is 3.47. The summed E-state index contributed by atoms with van der Waals surface area (Å²) in [4.78, 5) is 23.9. The molecule has 126 valence electrons. The van der Waals surface area contributed by atoms with Crippen LogP contribution in [0.2, 0.25) is 0 Å². The Morgan fingerprint density at radius 3 is 2.75 bits per heavy atom. The third-order valence-corrected chi connectivity index (χ3v) is 6.57. The van der Waals surface area contributed by atoms with Crippen LogP contribution in [-0.2, 0) is 17.6 Å². The van der Waals surface area contributed by atoms with E-state index in [1.165, 1.54) is 52.8 Å². The smallest absolute Gasteiger partial charge is 0.220 e. The molecule has 1 atom stereocenters. The van der Waals surface area contributed by atoms with Crippen LogP contribution in [0.25, 0.3) is 10.2 Å². The molecule has 2 aromatic rings. The Morgan fingerprint density at radius 1 is 1.08 bits per heavy atom. The van der Waals surface area contributed by atoms with Crippen molar-refractivity contribution in [2.75, 3.05) is 11.9 Å². The van der Waals surface area contributed by atoms with E-state index in [2.05, 4.69) is 10.6 Å². The van der Waals surface area contributed by atoms with Crippen LogP contribution in [0.3, 0.4) is 0 Å². The van der Waals surface area contributed by atoms with Crippen molar-refractivity contribution in [2.45, 2.75) is 63.3 Å². The summed E-state index contributed by atoms with van der Waals surface area (Å²) in [5.74, 6) is 2.75. The molecule has 2 aliphatic carbocycles. The molecule has 0 bridgehead atoms. The summed E-state index contributed by atoms with van der Waals surface area (Å²) in [6.45, 7) is 0.690. The quantitative estimate of drug-likeness (QED) is 0.899. The molecule has 2 N–H and O–H groups in total. The summed E-state index contributed by atoms with van der Waals surface area (Å²) >= 11 is 1.87. The molecule has 1 saturated carbocycles. The molecule has 0 spiro atoms. The van der Waals surface area contributed by atoms with Gasteiger partial charge in [-0.05, 0) is 50.5 Å². The van der Waals surface area contributed by atoms with E-state index in [4.69, 9.17) is 9.97 Å².